The monoisotopic (exact) mass is 904 g/mol. The molecule has 14 nitrogen and oxygen atoms in total. The Hall–Kier alpha value is -2.53. The molecule has 4 saturated heterocycles. The summed E-state index contributed by atoms with van der Waals surface area (Å²) in [6.07, 6.45) is 6.47. The van der Waals surface area contributed by atoms with E-state index in [0.717, 1.165) is 6.42 Å². The summed E-state index contributed by atoms with van der Waals surface area (Å²) in [5, 5.41) is 34.7. The lowest BCUT2D eigenvalue weighted by Crippen LogP contribution is -2.63. The van der Waals surface area contributed by atoms with Crippen LogP contribution in [0.3, 0.4) is 0 Å². The molecule has 1 aromatic heterocycles. The highest BCUT2D eigenvalue weighted by atomic mass is 35.5. The van der Waals surface area contributed by atoms with Crippen molar-refractivity contribution in [1.29, 1.82) is 0 Å². The second-order valence-corrected chi connectivity index (χ2v) is 20.3. The Morgan fingerprint density at radius 3 is 2.30 bits per heavy atom. The van der Waals surface area contributed by atoms with E-state index in [9.17, 15) is 29.7 Å². The number of aliphatic hydroxyl groups is 3. The Labute approximate surface area is 378 Å². The molecule has 0 aromatic carbocycles. The number of ether oxygens (including phenoxy) is 5. The maximum absolute atomic E-state index is 14.7. The molecule has 5 aliphatic heterocycles. The number of pyridine rings is 1. The van der Waals surface area contributed by atoms with Crippen molar-refractivity contribution in [2.24, 2.45) is 41.4 Å². The number of rotatable bonds is 13. The summed E-state index contributed by atoms with van der Waals surface area (Å²) in [6.45, 7) is 19.6. The minimum absolute atomic E-state index is 0.0165. The second kappa shape index (κ2) is 19.7. The fourth-order valence-corrected chi connectivity index (χ4v) is 11.5. The van der Waals surface area contributed by atoms with E-state index in [2.05, 4.69) is 36.6 Å². The van der Waals surface area contributed by atoms with Crippen molar-refractivity contribution in [3.63, 3.8) is 0 Å². The SMILES string of the molecule is CC[C@@H](C(=O)[C@@H](C)[C@@H](O)[C@H](C)[C@@H]1O[C@@H]([C@@H](CC)C(=O)NNC(=O)c2ccnc(Cl)c2)CCC1C)[C@H]1O[C@]2(C=C[C@@H](O)[C@]3(CC[C@@](C)([C@H]4CC[C@](O)(CC)[C@H](C)O4)O3)O2)[C@H](C)C[C@@H]1C. The van der Waals surface area contributed by atoms with Gasteiger partial charge >= 0.3 is 0 Å². The van der Waals surface area contributed by atoms with Gasteiger partial charge in [0, 0.05) is 41.9 Å². The molecule has 354 valence electrons. The van der Waals surface area contributed by atoms with E-state index in [0.29, 0.717) is 57.8 Å². The number of carbonyl (C=O) groups is 3. The van der Waals surface area contributed by atoms with E-state index in [1.54, 1.807) is 19.1 Å². The van der Waals surface area contributed by atoms with Crippen LogP contribution in [0.5, 0.6) is 0 Å². The van der Waals surface area contributed by atoms with Crippen LogP contribution in [0.15, 0.2) is 30.5 Å². The molecule has 63 heavy (non-hydrogen) atoms. The van der Waals surface area contributed by atoms with Crippen molar-refractivity contribution in [1.82, 2.24) is 15.8 Å². The van der Waals surface area contributed by atoms with Crippen molar-refractivity contribution < 1.29 is 53.4 Å². The fourth-order valence-electron chi connectivity index (χ4n) is 11.3. The van der Waals surface area contributed by atoms with Crippen molar-refractivity contribution in [2.75, 3.05) is 0 Å². The molecule has 1 unspecified atom stereocenters. The Bertz CT molecular complexity index is 1820. The van der Waals surface area contributed by atoms with Gasteiger partial charge in [0.2, 0.25) is 11.7 Å². The predicted octanol–water partition coefficient (Wildman–Crippen LogP) is 6.61. The summed E-state index contributed by atoms with van der Waals surface area (Å²) in [4.78, 5) is 44.6. The zero-order chi connectivity index (χ0) is 46.2. The molecular weight excluding hydrogens is 830 g/mol. The molecule has 6 heterocycles. The maximum atomic E-state index is 14.7. The van der Waals surface area contributed by atoms with E-state index < -0.39 is 82.9 Å². The van der Waals surface area contributed by atoms with Gasteiger partial charge in [-0.1, -0.05) is 67.0 Å². The number of Topliss-reactive ketones (excluding diaryl/α,β-unsaturated/α-hetero) is 1. The number of nitrogens with zero attached hydrogens (tertiary/aromatic N) is 1. The Morgan fingerprint density at radius 1 is 0.937 bits per heavy atom. The van der Waals surface area contributed by atoms with Crippen LogP contribution in [0.25, 0.3) is 0 Å². The van der Waals surface area contributed by atoms with Crippen molar-refractivity contribution in [2.45, 2.75) is 199 Å². The van der Waals surface area contributed by atoms with Gasteiger partial charge in [-0.2, -0.15) is 0 Å². The summed E-state index contributed by atoms with van der Waals surface area (Å²) < 4.78 is 33.9. The first-order valence-corrected chi connectivity index (χ1v) is 24.0. The minimum Gasteiger partial charge on any atom is -0.392 e. The lowest BCUT2D eigenvalue weighted by molar-refractivity contribution is -0.409. The van der Waals surface area contributed by atoms with Crippen LogP contribution < -0.4 is 10.9 Å². The predicted molar refractivity (Wildman–Crippen MR) is 236 cm³/mol. The number of aliphatic hydroxyl groups excluding tert-OH is 2. The second-order valence-electron chi connectivity index (χ2n) is 19.9. The van der Waals surface area contributed by atoms with E-state index in [1.165, 1.54) is 18.3 Å². The number of ketones is 1. The number of nitrogens with one attached hydrogen (secondary N) is 2. The standard InChI is InChI=1S/C48H74ClN3O11/c1-11-33(44(57)52-51-43(56)32-18-23-50-38(49)25-32)35-15-14-26(4)41(60-35)30(8)39(54)29(7)40(55)34(12-2)42-27(5)24-28(6)47(61-42)20-16-36(53)48(63-47)22-21-45(10,62-48)37-17-19-46(58,13-3)31(9)59-37/h16,18,20,23,25-31,33-37,39,41-42,53-54,58H,11-15,17,19,21-22,24H2,1-10H3,(H,51,56)(H,52,57)/t26?,27-,28+,29-,30-,31-,33+,34-,35+,36+,37+,39+,41+,42-,45-,46+,47-,48-/m0/s1. The number of amides is 2. The number of hydrogen-bond donors (Lipinski definition) is 5. The molecule has 4 fully saturated rings. The summed E-state index contributed by atoms with van der Waals surface area (Å²) >= 11 is 5.93. The van der Waals surface area contributed by atoms with Gasteiger partial charge in [-0.3, -0.25) is 25.2 Å². The average molecular weight is 905 g/mol. The van der Waals surface area contributed by atoms with Crippen LogP contribution in [0, 0.1) is 41.4 Å². The highest BCUT2D eigenvalue weighted by molar-refractivity contribution is 6.29. The highest BCUT2D eigenvalue weighted by Gasteiger charge is 2.63. The largest absolute Gasteiger partial charge is 0.392 e. The highest BCUT2D eigenvalue weighted by Crippen LogP contribution is 2.54. The van der Waals surface area contributed by atoms with Gasteiger partial charge in [0.25, 0.3) is 5.91 Å². The quantitative estimate of drug-likeness (QED) is 0.0809. The minimum atomic E-state index is -1.40. The summed E-state index contributed by atoms with van der Waals surface area (Å²) in [5.74, 6) is -6.11. The number of halogens is 1. The normalized spacial score (nSPS) is 40.5. The molecule has 1 aromatic rings. The van der Waals surface area contributed by atoms with E-state index in [-0.39, 0.29) is 52.4 Å². The van der Waals surface area contributed by atoms with Crippen molar-refractivity contribution in [3.8, 4) is 0 Å². The molecule has 0 saturated carbocycles. The van der Waals surface area contributed by atoms with Gasteiger partial charge in [0.05, 0.1) is 53.7 Å². The fraction of sp³-hybridized carbons (Fsp3) is 0.792. The molecule has 0 bridgehead atoms. The molecule has 0 radical (unpaired) electrons. The molecule has 18 atom stereocenters. The van der Waals surface area contributed by atoms with Crippen LogP contribution >= 0.6 is 11.6 Å². The zero-order valence-corrected chi connectivity index (χ0v) is 39.7. The van der Waals surface area contributed by atoms with E-state index in [1.807, 2.05) is 41.5 Å². The first-order chi connectivity index (χ1) is 29.7. The van der Waals surface area contributed by atoms with Crippen LogP contribution in [0.2, 0.25) is 5.15 Å². The van der Waals surface area contributed by atoms with Gasteiger partial charge < -0.3 is 39.0 Å². The van der Waals surface area contributed by atoms with Gasteiger partial charge in [-0.25, -0.2) is 4.98 Å². The maximum Gasteiger partial charge on any atom is 0.269 e. The molecule has 15 heteroatoms. The van der Waals surface area contributed by atoms with Gasteiger partial charge in [0.15, 0.2) is 5.79 Å². The van der Waals surface area contributed by atoms with Crippen LogP contribution in [0.4, 0.5) is 0 Å². The number of carbonyl (C=O) groups excluding carboxylic acids is 3. The topological polar surface area (TPSA) is 195 Å². The summed E-state index contributed by atoms with van der Waals surface area (Å²) in [5.41, 5.74) is 3.59. The molecule has 6 rings (SSSR count). The summed E-state index contributed by atoms with van der Waals surface area (Å²) in [7, 11) is 0. The molecular formula is C48H74ClN3O11. The molecule has 2 amide bonds. The lowest BCUT2D eigenvalue weighted by Gasteiger charge is -2.54. The number of hydrogen-bond acceptors (Lipinski definition) is 12. The third-order valence-corrected chi connectivity index (χ3v) is 16.0. The number of hydrazine groups is 1. The van der Waals surface area contributed by atoms with Crippen LogP contribution in [0.1, 0.15) is 144 Å². The van der Waals surface area contributed by atoms with Crippen LogP contribution in [-0.4, -0.2) is 103 Å². The van der Waals surface area contributed by atoms with Crippen molar-refractivity contribution >= 4 is 29.2 Å². The summed E-state index contributed by atoms with van der Waals surface area (Å²) in [6, 6.07) is 2.90. The zero-order valence-electron chi connectivity index (χ0n) is 39.0. The smallest absolute Gasteiger partial charge is 0.269 e. The Kier molecular flexibility index (Phi) is 15.6. The molecule has 0 aliphatic carbocycles. The first kappa shape index (κ1) is 49.9. The van der Waals surface area contributed by atoms with Gasteiger partial charge in [-0.05, 0) is 108 Å². The molecule has 2 spiro atoms. The molecule has 5 N–H and O–H groups in total. The molecule has 5 aliphatic rings. The van der Waals surface area contributed by atoms with Crippen molar-refractivity contribution in [3.05, 3.63) is 41.2 Å². The van der Waals surface area contributed by atoms with Gasteiger partial charge in [0.1, 0.15) is 17.0 Å². The van der Waals surface area contributed by atoms with E-state index in [4.69, 9.17) is 35.3 Å². The van der Waals surface area contributed by atoms with Gasteiger partial charge in [-0.15, -0.1) is 0 Å². The number of aromatic nitrogens is 1. The first-order valence-electron chi connectivity index (χ1n) is 23.6. The van der Waals surface area contributed by atoms with Crippen LogP contribution in [-0.2, 0) is 33.3 Å². The third kappa shape index (κ3) is 9.95. The third-order valence-electron chi connectivity index (χ3n) is 15.8. The Balaban J connectivity index is 1.11. The lowest BCUT2D eigenvalue weighted by atomic mass is 9.72. The van der Waals surface area contributed by atoms with E-state index >= 15 is 0 Å². The Morgan fingerprint density at radius 2 is 1.65 bits per heavy atom. The average Bonchev–Trinajstić information content (AvgIpc) is 3.61.